The van der Waals surface area contributed by atoms with E-state index in [9.17, 15) is 5.11 Å². The molecule has 0 aromatic rings. The van der Waals surface area contributed by atoms with Crippen LogP contribution in [-0.2, 0) is 14.2 Å². The van der Waals surface area contributed by atoms with Gasteiger partial charge in [0.25, 0.3) is 0 Å². The molecular formula is C14H25NO4. The molecule has 2 heterocycles. The summed E-state index contributed by atoms with van der Waals surface area (Å²) in [6.07, 6.45) is 4.82. The van der Waals surface area contributed by atoms with Crippen molar-refractivity contribution >= 4 is 0 Å². The molecule has 19 heavy (non-hydrogen) atoms. The van der Waals surface area contributed by atoms with Crippen molar-refractivity contribution in [2.75, 3.05) is 33.0 Å². The van der Waals surface area contributed by atoms with Gasteiger partial charge in [-0.3, -0.25) is 0 Å². The summed E-state index contributed by atoms with van der Waals surface area (Å²) >= 11 is 0. The van der Waals surface area contributed by atoms with Crippen LogP contribution >= 0.6 is 0 Å². The number of rotatable bonds is 2. The van der Waals surface area contributed by atoms with Crippen LogP contribution in [0.2, 0.25) is 0 Å². The van der Waals surface area contributed by atoms with E-state index >= 15 is 0 Å². The van der Waals surface area contributed by atoms with Gasteiger partial charge >= 0.3 is 0 Å². The summed E-state index contributed by atoms with van der Waals surface area (Å²) in [5.74, 6) is -0.433. The molecule has 3 aliphatic rings. The number of nitrogens with two attached hydrogens (primary N) is 1. The zero-order chi connectivity index (χ0) is 13.4. The maximum absolute atomic E-state index is 11.1. The highest BCUT2D eigenvalue weighted by Crippen LogP contribution is 2.50. The maximum Gasteiger partial charge on any atom is 0.168 e. The molecule has 0 amide bonds. The summed E-state index contributed by atoms with van der Waals surface area (Å²) in [6.45, 7) is 3.19. The lowest BCUT2D eigenvalue weighted by molar-refractivity contribution is -0.233. The minimum Gasteiger partial charge on any atom is -0.389 e. The summed E-state index contributed by atoms with van der Waals surface area (Å²) in [6, 6.07) is 0. The molecule has 0 aromatic heterocycles. The number of aliphatic hydroxyl groups is 1. The van der Waals surface area contributed by atoms with Crippen molar-refractivity contribution in [2.24, 2.45) is 11.1 Å². The molecule has 2 saturated heterocycles. The average molecular weight is 271 g/mol. The zero-order valence-corrected chi connectivity index (χ0v) is 11.5. The molecule has 1 spiro atoms. The van der Waals surface area contributed by atoms with Crippen LogP contribution in [0.4, 0.5) is 0 Å². The van der Waals surface area contributed by atoms with Gasteiger partial charge in [-0.05, 0) is 25.7 Å². The average Bonchev–Trinajstić information content (AvgIpc) is 2.92. The summed E-state index contributed by atoms with van der Waals surface area (Å²) in [5.41, 5.74) is 4.98. The van der Waals surface area contributed by atoms with E-state index in [0.717, 1.165) is 32.3 Å². The predicted octanol–water partition coefficient (Wildman–Crippen LogP) is 0.790. The molecule has 3 fully saturated rings. The van der Waals surface area contributed by atoms with E-state index in [-0.39, 0.29) is 5.41 Å². The maximum atomic E-state index is 11.1. The van der Waals surface area contributed by atoms with Gasteiger partial charge in [0.1, 0.15) is 0 Å². The quantitative estimate of drug-likeness (QED) is 0.777. The van der Waals surface area contributed by atoms with Crippen molar-refractivity contribution in [3.05, 3.63) is 0 Å². The largest absolute Gasteiger partial charge is 0.389 e. The second-order valence-electron chi connectivity index (χ2n) is 6.28. The van der Waals surface area contributed by atoms with Crippen LogP contribution in [0.1, 0.15) is 38.5 Å². The first-order valence-corrected chi connectivity index (χ1v) is 7.42. The highest BCUT2D eigenvalue weighted by atomic mass is 16.7. The van der Waals surface area contributed by atoms with E-state index in [0.29, 0.717) is 39.2 Å². The van der Waals surface area contributed by atoms with Gasteiger partial charge in [-0.25, -0.2) is 0 Å². The van der Waals surface area contributed by atoms with Crippen LogP contribution in [-0.4, -0.2) is 49.5 Å². The second-order valence-corrected chi connectivity index (χ2v) is 6.28. The molecular weight excluding hydrogens is 246 g/mol. The molecule has 0 bridgehead atoms. The van der Waals surface area contributed by atoms with Gasteiger partial charge in [-0.1, -0.05) is 0 Å². The normalized spacial score (nSPS) is 37.6. The van der Waals surface area contributed by atoms with E-state index < -0.39 is 11.4 Å². The van der Waals surface area contributed by atoms with E-state index in [2.05, 4.69) is 0 Å². The Morgan fingerprint density at radius 1 is 0.947 bits per heavy atom. The lowest BCUT2D eigenvalue weighted by Crippen LogP contribution is -2.60. The van der Waals surface area contributed by atoms with Gasteiger partial charge in [0.05, 0.1) is 25.4 Å². The van der Waals surface area contributed by atoms with Crippen molar-refractivity contribution in [1.29, 1.82) is 0 Å². The SMILES string of the molecule is NCC1(C2(O)CCC3(CC2)OCCO3)CCCOC1. The minimum absolute atomic E-state index is 0.286. The third kappa shape index (κ3) is 2.21. The molecule has 0 radical (unpaired) electrons. The molecule has 1 saturated carbocycles. The fourth-order valence-corrected chi connectivity index (χ4v) is 3.93. The third-order valence-corrected chi connectivity index (χ3v) is 5.35. The van der Waals surface area contributed by atoms with Crippen LogP contribution in [0.15, 0.2) is 0 Å². The fourth-order valence-electron chi connectivity index (χ4n) is 3.93. The van der Waals surface area contributed by atoms with Gasteiger partial charge in [0, 0.05) is 31.4 Å². The van der Waals surface area contributed by atoms with Crippen LogP contribution in [0.25, 0.3) is 0 Å². The standard InChI is InChI=1S/C14H25NO4/c15-10-12(2-1-7-17-11-12)13(16)3-5-14(6-4-13)18-8-9-19-14/h16H,1-11,15H2. The Morgan fingerprint density at radius 2 is 1.63 bits per heavy atom. The van der Waals surface area contributed by atoms with Crippen LogP contribution in [0.3, 0.4) is 0 Å². The van der Waals surface area contributed by atoms with E-state index in [1.807, 2.05) is 0 Å². The summed E-state index contributed by atoms with van der Waals surface area (Å²) < 4.78 is 17.1. The van der Waals surface area contributed by atoms with Crippen LogP contribution < -0.4 is 5.73 Å². The van der Waals surface area contributed by atoms with Crippen molar-refractivity contribution < 1.29 is 19.3 Å². The topological polar surface area (TPSA) is 73.9 Å². The van der Waals surface area contributed by atoms with Gasteiger partial charge < -0.3 is 25.1 Å². The van der Waals surface area contributed by atoms with Crippen molar-refractivity contribution in [3.8, 4) is 0 Å². The Bertz CT molecular complexity index is 311. The Balaban J connectivity index is 1.73. The molecule has 1 atom stereocenters. The molecule has 2 aliphatic heterocycles. The van der Waals surface area contributed by atoms with Crippen molar-refractivity contribution in [2.45, 2.75) is 49.9 Å². The van der Waals surface area contributed by atoms with Crippen molar-refractivity contribution in [1.82, 2.24) is 0 Å². The molecule has 1 unspecified atom stereocenters. The number of ether oxygens (including phenoxy) is 3. The first kappa shape index (κ1) is 13.8. The highest BCUT2D eigenvalue weighted by molar-refractivity contribution is 5.05. The Hall–Kier alpha value is -0.200. The first-order chi connectivity index (χ1) is 9.14. The lowest BCUT2D eigenvalue weighted by Gasteiger charge is -2.52. The molecule has 3 rings (SSSR count). The Kier molecular flexibility index (Phi) is 3.60. The van der Waals surface area contributed by atoms with Gasteiger partial charge in [0.2, 0.25) is 0 Å². The predicted molar refractivity (Wildman–Crippen MR) is 69.6 cm³/mol. The lowest BCUT2D eigenvalue weighted by atomic mass is 9.61. The molecule has 5 nitrogen and oxygen atoms in total. The van der Waals surface area contributed by atoms with E-state index in [4.69, 9.17) is 19.9 Å². The smallest absolute Gasteiger partial charge is 0.168 e. The highest BCUT2D eigenvalue weighted by Gasteiger charge is 2.55. The zero-order valence-electron chi connectivity index (χ0n) is 11.5. The van der Waals surface area contributed by atoms with Gasteiger partial charge in [-0.2, -0.15) is 0 Å². The summed E-state index contributed by atoms with van der Waals surface area (Å²) in [4.78, 5) is 0. The van der Waals surface area contributed by atoms with Crippen LogP contribution in [0, 0.1) is 5.41 Å². The van der Waals surface area contributed by atoms with Crippen LogP contribution in [0.5, 0.6) is 0 Å². The summed E-state index contributed by atoms with van der Waals surface area (Å²) in [5, 5.41) is 11.1. The van der Waals surface area contributed by atoms with E-state index in [1.54, 1.807) is 0 Å². The Morgan fingerprint density at radius 3 is 2.16 bits per heavy atom. The van der Waals surface area contributed by atoms with E-state index in [1.165, 1.54) is 0 Å². The van der Waals surface area contributed by atoms with Gasteiger partial charge in [0.15, 0.2) is 5.79 Å². The summed E-state index contributed by atoms with van der Waals surface area (Å²) in [7, 11) is 0. The number of hydrogen-bond acceptors (Lipinski definition) is 5. The molecule has 1 aliphatic carbocycles. The molecule has 110 valence electrons. The second kappa shape index (κ2) is 4.97. The minimum atomic E-state index is -0.733. The van der Waals surface area contributed by atoms with Crippen molar-refractivity contribution in [3.63, 3.8) is 0 Å². The molecule has 0 aromatic carbocycles. The monoisotopic (exact) mass is 271 g/mol. The fraction of sp³-hybridized carbons (Fsp3) is 1.00. The molecule has 3 N–H and O–H groups in total. The number of hydrogen-bond donors (Lipinski definition) is 2. The van der Waals surface area contributed by atoms with Gasteiger partial charge in [-0.15, -0.1) is 0 Å². The third-order valence-electron chi connectivity index (χ3n) is 5.35. The molecule has 5 heteroatoms. The first-order valence-electron chi connectivity index (χ1n) is 7.42. The Labute approximate surface area is 114 Å².